The van der Waals surface area contributed by atoms with Gasteiger partial charge in [-0.2, -0.15) is 0 Å². The number of nitrogens with zero attached hydrogens (tertiary/aromatic N) is 1. The van der Waals surface area contributed by atoms with E-state index in [4.69, 9.17) is 40.5 Å². The van der Waals surface area contributed by atoms with E-state index in [1.807, 2.05) is 0 Å². The molecule has 0 aliphatic rings. The van der Waals surface area contributed by atoms with Gasteiger partial charge in [0.2, 0.25) is 0 Å². The fourth-order valence-corrected chi connectivity index (χ4v) is 2.57. The van der Waals surface area contributed by atoms with Crippen molar-refractivity contribution in [3.05, 3.63) is 45.2 Å². The summed E-state index contributed by atoms with van der Waals surface area (Å²) in [5.74, 6) is -0.356. The maximum Gasteiger partial charge on any atom is 0.272 e. The van der Waals surface area contributed by atoms with Crippen LogP contribution in [0.25, 0.3) is 0 Å². The van der Waals surface area contributed by atoms with Crippen molar-refractivity contribution < 1.29 is 4.79 Å². The van der Waals surface area contributed by atoms with Crippen LogP contribution in [-0.2, 0) is 7.05 Å². The highest BCUT2D eigenvalue weighted by Crippen LogP contribution is 2.34. The molecule has 0 saturated carbocycles. The maximum absolute atomic E-state index is 12.1. The molecule has 0 aliphatic carbocycles. The molecule has 19 heavy (non-hydrogen) atoms. The Hall–Kier alpha value is -1.36. The smallest absolute Gasteiger partial charge is 0.272 e. The Morgan fingerprint density at radius 1 is 1.21 bits per heavy atom. The minimum Gasteiger partial charge on any atom is -0.397 e. The first-order chi connectivity index (χ1) is 8.88. The van der Waals surface area contributed by atoms with Gasteiger partial charge in [-0.1, -0.05) is 34.8 Å². The second-order valence-electron chi connectivity index (χ2n) is 3.97. The van der Waals surface area contributed by atoms with Crippen LogP contribution in [0.1, 0.15) is 10.5 Å². The molecule has 0 aliphatic heterocycles. The number of carbonyl (C=O) groups is 1. The van der Waals surface area contributed by atoms with Gasteiger partial charge in [-0.05, 0) is 18.2 Å². The van der Waals surface area contributed by atoms with Crippen molar-refractivity contribution in [1.82, 2.24) is 4.57 Å². The molecule has 3 N–H and O–H groups in total. The highest BCUT2D eigenvalue weighted by molar-refractivity contribution is 6.42. The number of aryl methyl sites for hydroxylation is 1. The van der Waals surface area contributed by atoms with Crippen molar-refractivity contribution in [2.24, 2.45) is 7.05 Å². The molecule has 0 unspecified atom stereocenters. The molecular weight excluding hydrogens is 309 g/mol. The molecule has 2 aromatic rings. The summed E-state index contributed by atoms with van der Waals surface area (Å²) in [5.41, 5.74) is 6.84. The van der Waals surface area contributed by atoms with E-state index in [-0.39, 0.29) is 16.0 Å². The summed E-state index contributed by atoms with van der Waals surface area (Å²) in [6, 6.07) is 4.57. The number of nitrogens with one attached hydrogen (secondary N) is 1. The van der Waals surface area contributed by atoms with Crippen LogP contribution in [0.15, 0.2) is 24.4 Å². The summed E-state index contributed by atoms with van der Waals surface area (Å²) >= 11 is 17.8. The molecule has 100 valence electrons. The minimum atomic E-state index is -0.356. The molecule has 7 heteroatoms. The number of hydrogen-bond acceptors (Lipinski definition) is 2. The zero-order valence-corrected chi connectivity index (χ0v) is 12.1. The van der Waals surface area contributed by atoms with Crippen molar-refractivity contribution >= 4 is 52.1 Å². The lowest BCUT2D eigenvalue weighted by molar-refractivity contribution is 0.101. The minimum absolute atomic E-state index is 0.271. The van der Waals surface area contributed by atoms with Crippen molar-refractivity contribution in [3.8, 4) is 0 Å². The Morgan fingerprint density at radius 3 is 2.26 bits per heavy atom. The van der Waals surface area contributed by atoms with Gasteiger partial charge in [0.05, 0.1) is 21.4 Å². The molecule has 1 amide bonds. The molecular formula is C12H10Cl3N3O. The summed E-state index contributed by atoms with van der Waals surface area (Å²) in [6.07, 6.45) is 1.64. The fraction of sp³-hybridized carbons (Fsp3) is 0.0833. The normalized spacial score (nSPS) is 10.5. The molecule has 1 heterocycles. The van der Waals surface area contributed by atoms with Crippen molar-refractivity contribution in [1.29, 1.82) is 0 Å². The summed E-state index contributed by atoms with van der Waals surface area (Å²) in [7, 11) is 1.72. The molecule has 0 spiro atoms. The van der Waals surface area contributed by atoms with Crippen LogP contribution in [0, 0.1) is 0 Å². The average Bonchev–Trinajstić information content (AvgIpc) is 2.62. The Morgan fingerprint density at radius 2 is 1.79 bits per heavy atom. The zero-order chi connectivity index (χ0) is 14.2. The molecule has 0 fully saturated rings. The third-order valence-electron chi connectivity index (χ3n) is 2.50. The number of hydrogen-bond donors (Lipinski definition) is 2. The van der Waals surface area contributed by atoms with Gasteiger partial charge < -0.3 is 15.6 Å². The quantitative estimate of drug-likeness (QED) is 0.884. The van der Waals surface area contributed by atoms with Crippen molar-refractivity contribution in [2.75, 3.05) is 11.1 Å². The van der Waals surface area contributed by atoms with Crippen molar-refractivity contribution in [3.63, 3.8) is 0 Å². The highest BCUT2D eigenvalue weighted by atomic mass is 35.5. The van der Waals surface area contributed by atoms with Crippen LogP contribution in [0.3, 0.4) is 0 Å². The lowest BCUT2D eigenvalue weighted by atomic mass is 10.3. The number of amides is 1. The SMILES string of the molecule is Cn1cc(N)cc1C(=O)Nc1c(Cl)cc(Cl)cc1Cl. The summed E-state index contributed by atoms with van der Waals surface area (Å²) in [5, 5.41) is 3.58. The number of halogens is 3. The van der Waals surface area contributed by atoms with Crippen LogP contribution in [0.4, 0.5) is 11.4 Å². The Bertz CT molecular complexity index is 629. The van der Waals surface area contributed by atoms with Gasteiger partial charge in [0.15, 0.2) is 0 Å². The van der Waals surface area contributed by atoms with E-state index in [1.165, 1.54) is 12.1 Å². The Labute approximate surface area is 125 Å². The van der Waals surface area contributed by atoms with Gasteiger partial charge in [0.1, 0.15) is 5.69 Å². The van der Waals surface area contributed by atoms with E-state index in [0.29, 0.717) is 22.1 Å². The topological polar surface area (TPSA) is 60.0 Å². The van der Waals surface area contributed by atoms with E-state index in [1.54, 1.807) is 23.9 Å². The average molecular weight is 319 g/mol. The lowest BCUT2D eigenvalue weighted by Crippen LogP contribution is -2.15. The van der Waals surface area contributed by atoms with Crippen LogP contribution >= 0.6 is 34.8 Å². The lowest BCUT2D eigenvalue weighted by Gasteiger charge is -2.10. The van der Waals surface area contributed by atoms with Crippen LogP contribution in [0.5, 0.6) is 0 Å². The molecule has 2 rings (SSSR count). The van der Waals surface area contributed by atoms with Gasteiger partial charge in [0, 0.05) is 18.3 Å². The Kier molecular flexibility index (Phi) is 3.94. The van der Waals surface area contributed by atoms with Crippen LogP contribution in [-0.4, -0.2) is 10.5 Å². The van der Waals surface area contributed by atoms with Gasteiger partial charge in [-0.3, -0.25) is 4.79 Å². The van der Waals surface area contributed by atoms with Gasteiger partial charge >= 0.3 is 0 Å². The number of nitrogens with two attached hydrogens (primary N) is 1. The first-order valence-corrected chi connectivity index (χ1v) is 6.39. The third kappa shape index (κ3) is 2.97. The molecule has 1 aromatic carbocycles. The van der Waals surface area contributed by atoms with E-state index in [2.05, 4.69) is 5.32 Å². The standard InChI is InChI=1S/C12H10Cl3N3O/c1-18-5-7(16)4-10(18)12(19)17-11-8(14)2-6(13)3-9(11)15/h2-5H,16H2,1H3,(H,17,19). The second kappa shape index (κ2) is 5.33. The van der Waals surface area contributed by atoms with Gasteiger partial charge in [0.25, 0.3) is 5.91 Å². The van der Waals surface area contributed by atoms with Crippen molar-refractivity contribution in [2.45, 2.75) is 0 Å². The predicted octanol–water partition coefficient (Wildman–Crippen LogP) is 3.82. The second-order valence-corrected chi connectivity index (χ2v) is 5.22. The van der Waals surface area contributed by atoms with E-state index < -0.39 is 0 Å². The van der Waals surface area contributed by atoms with Gasteiger partial charge in [-0.25, -0.2) is 0 Å². The van der Waals surface area contributed by atoms with Gasteiger partial charge in [-0.15, -0.1) is 0 Å². The molecule has 4 nitrogen and oxygen atoms in total. The summed E-state index contributed by atoms with van der Waals surface area (Å²) < 4.78 is 1.61. The molecule has 0 atom stereocenters. The van der Waals surface area contributed by atoms with Crippen LogP contribution < -0.4 is 11.1 Å². The largest absolute Gasteiger partial charge is 0.397 e. The summed E-state index contributed by atoms with van der Waals surface area (Å²) in [6.45, 7) is 0. The predicted molar refractivity (Wildman–Crippen MR) is 79.3 cm³/mol. The number of carbonyl (C=O) groups excluding carboxylic acids is 1. The zero-order valence-electron chi connectivity index (χ0n) is 9.88. The number of aromatic nitrogens is 1. The first-order valence-electron chi connectivity index (χ1n) is 5.26. The molecule has 0 saturated heterocycles. The number of rotatable bonds is 2. The molecule has 0 bridgehead atoms. The fourth-order valence-electron chi connectivity index (χ4n) is 1.66. The van der Waals surface area contributed by atoms with E-state index >= 15 is 0 Å². The maximum atomic E-state index is 12.1. The Balaban J connectivity index is 2.32. The molecule has 1 aromatic heterocycles. The number of nitrogen functional groups attached to an aromatic ring is 1. The number of benzene rings is 1. The third-order valence-corrected chi connectivity index (χ3v) is 3.32. The number of anilines is 2. The summed E-state index contributed by atoms with van der Waals surface area (Å²) in [4.78, 5) is 12.1. The van der Waals surface area contributed by atoms with E-state index in [0.717, 1.165) is 0 Å². The molecule has 0 radical (unpaired) electrons. The monoisotopic (exact) mass is 317 g/mol. The highest BCUT2D eigenvalue weighted by Gasteiger charge is 2.15. The van der Waals surface area contributed by atoms with E-state index in [9.17, 15) is 4.79 Å². The van der Waals surface area contributed by atoms with Crippen LogP contribution in [0.2, 0.25) is 15.1 Å². The first kappa shape index (κ1) is 14.1.